The van der Waals surface area contributed by atoms with Crippen molar-refractivity contribution in [2.45, 2.75) is 108 Å². The Morgan fingerprint density at radius 2 is 1.74 bits per heavy atom. The molecule has 1 saturated heterocycles. The highest BCUT2D eigenvalue weighted by atomic mass is 28.3. The first-order valence-electron chi connectivity index (χ1n) is 11.6. The van der Waals surface area contributed by atoms with E-state index in [-0.39, 0.29) is 5.41 Å². The van der Waals surface area contributed by atoms with Crippen molar-refractivity contribution in [2.24, 2.45) is 5.92 Å². The molecular formula is C24H38F2Si. The van der Waals surface area contributed by atoms with E-state index in [0.717, 1.165) is 11.5 Å². The first kappa shape index (κ1) is 21.0. The van der Waals surface area contributed by atoms with E-state index in [9.17, 15) is 8.78 Å². The quantitative estimate of drug-likeness (QED) is 0.313. The van der Waals surface area contributed by atoms with Crippen LogP contribution in [0.25, 0.3) is 0 Å². The van der Waals surface area contributed by atoms with E-state index >= 15 is 0 Å². The molecule has 152 valence electrons. The topological polar surface area (TPSA) is 0 Å². The fraction of sp³-hybridized carbons (Fsp3) is 0.750. The lowest BCUT2D eigenvalue weighted by atomic mass is 9.68. The van der Waals surface area contributed by atoms with E-state index in [0.29, 0.717) is 0 Å². The van der Waals surface area contributed by atoms with Crippen molar-refractivity contribution in [3.8, 4) is 0 Å². The smallest absolute Gasteiger partial charge is 0.159 e. The Balaban J connectivity index is 1.56. The molecule has 1 aliphatic carbocycles. The Morgan fingerprint density at radius 1 is 1.00 bits per heavy atom. The fourth-order valence-corrected chi connectivity index (χ4v) is 9.42. The van der Waals surface area contributed by atoms with Crippen molar-refractivity contribution < 1.29 is 8.78 Å². The Hall–Kier alpha value is -0.703. The van der Waals surface area contributed by atoms with E-state index in [4.69, 9.17) is 0 Å². The van der Waals surface area contributed by atoms with Gasteiger partial charge in [-0.2, -0.15) is 0 Å². The van der Waals surface area contributed by atoms with Crippen molar-refractivity contribution in [3.63, 3.8) is 0 Å². The number of halogens is 2. The molecule has 0 unspecified atom stereocenters. The van der Waals surface area contributed by atoms with Crippen molar-refractivity contribution in [2.75, 3.05) is 0 Å². The molecule has 1 heterocycles. The van der Waals surface area contributed by atoms with Gasteiger partial charge < -0.3 is 0 Å². The molecule has 0 aromatic heterocycles. The zero-order valence-corrected chi connectivity index (χ0v) is 18.4. The number of rotatable bonds is 8. The van der Waals surface area contributed by atoms with E-state index in [1.807, 2.05) is 6.07 Å². The highest BCUT2D eigenvalue weighted by molar-refractivity contribution is 6.59. The molecule has 1 aliphatic heterocycles. The summed E-state index contributed by atoms with van der Waals surface area (Å²) in [5, 5.41) is 0. The molecule has 0 atom stereocenters. The van der Waals surface area contributed by atoms with Gasteiger partial charge in [0.1, 0.15) is 0 Å². The second kappa shape index (κ2) is 10.2. The van der Waals surface area contributed by atoms with Gasteiger partial charge >= 0.3 is 0 Å². The standard InChI is InChI=1S/C24H38F2Si/c1-2-3-5-8-20-11-16-27(17-12-20)18-15-24(13-6-4-7-14-24)21-9-10-22(25)23(26)19-21/h9-10,19-20,27H,2-8,11-18H2,1H3/t20-,27-. The maximum Gasteiger partial charge on any atom is 0.159 e. The van der Waals surface area contributed by atoms with Gasteiger partial charge in [-0.3, -0.25) is 0 Å². The van der Waals surface area contributed by atoms with Crippen molar-refractivity contribution in [3.05, 3.63) is 35.4 Å². The summed E-state index contributed by atoms with van der Waals surface area (Å²) in [4.78, 5) is 0. The lowest BCUT2D eigenvalue weighted by Gasteiger charge is -2.39. The van der Waals surface area contributed by atoms with Crippen LogP contribution in [0.2, 0.25) is 18.1 Å². The average molecular weight is 393 g/mol. The molecule has 0 radical (unpaired) electrons. The summed E-state index contributed by atoms with van der Waals surface area (Å²) in [6.07, 6.45) is 15.9. The number of unbranched alkanes of at least 4 members (excludes halogenated alkanes) is 2. The molecule has 3 rings (SSSR count). The second-order valence-corrected chi connectivity index (χ2v) is 12.9. The largest absolute Gasteiger partial charge is 0.204 e. The Morgan fingerprint density at radius 3 is 2.41 bits per heavy atom. The van der Waals surface area contributed by atoms with Crippen LogP contribution in [0, 0.1) is 17.6 Å². The molecular weight excluding hydrogens is 354 g/mol. The molecule has 1 aromatic rings. The van der Waals surface area contributed by atoms with E-state index in [2.05, 4.69) is 6.92 Å². The Kier molecular flexibility index (Phi) is 7.93. The minimum Gasteiger partial charge on any atom is -0.204 e. The van der Waals surface area contributed by atoms with Crippen molar-refractivity contribution in [1.29, 1.82) is 0 Å². The van der Waals surface area contributed by atoms with Crippen LogP contribution < -0.4 is 0 Å². The zero-order valence-electron chi connectivity index (χ0n) is 17.2. The van der Waals surface area contributed by atoms with Crippen molar-refractivity contribution >= 4 is 8.80 Å². The molecule has 0 amide bonds. The molecule has 3 heteroatoms. The SMILES string of the molecule is CCCCC[C@H]1CC[Si@H](CCC2(c3ccc(F)c(F)c3)CCCCC2)CC1. The maximum atomic E-state index is 13.9. The molecule has 1 aromatic carbocycles. The van der Waals surface area contributed by atoms with E-state index in [1.165, 1.54) is 107 Å². The van der Waals surface area contributed by atoms with Crippen LogP contribution in [-0.2, 0) is 5.41 Å². The van der Waals surface area contributed by atoms with Crippen LogP contribution >= 0.6 is 0 Å². The lowest BCUT2D eigenvalue weighted by Crippen LogP contribution is -2.32. The molecule has 2 aliphatic rings. The van der Waals surface area contributed by atoms with Crippen LogP contribution in [0.3, 0.4) is 0 Å². The third-order valence-corrected chi connectivity index (χ3v) is 11.0. The number of hydrogen-bond acceptors (Lipinski definition) is 0. The molecule has 1 saturated carbocycles. The third kappa shape index (κ3) is 5.65. The summed E-state index contributed by atoms with van der Waals surface area (Å²) in [6, 6.07) is 9.17. The number of hydrogen-bond donors (Lipinski definition) is 0. The van der Waals surface area contributed by atoms with Crippen LogP contribution in [0.1, 0.15) is 89.5 Å². The predicted molar refractivity (Wildman–Crippen MR) is 114 cm³/mol. The number of benzene rings is 1. The highest BCUT2D eigenvalue weighted by Crippen LogP contribution is 2.45. The minimum atomic E-state index is -0.708. The molecule has 0 bridgehead atoms. The van der Waals surface area contributed by atoms with Gasteiger partial charge in [0.15, 0.2) is 11.6 Å². The van der Waals surface area contributed by atoms with Gasteiger partial charge in [-0.1, -0.05) is 88.9 Å². The first-order valence-corrected chi connectivity index (χ1v) is 14.0. The minimum absolute atomic E-state index is 0.123. The maximum absolute atomic E-state index is 13.9. The molecule has 0 N–H and O–H groups in total. The van der Waals surface area contributed by atoms with E-state index in [1.54, 1.807) is 0 Å². The van der Waals surface area contributed by atoms with Crippen LogP contribution in [0.5, 0.6) is 0 Å². The lowest BCUT2D eigenvalue weighted by molar-refractivity contribution is 0.280. The normalized spacial score (nSPS) is 25.4. The van der Waals surface area contributed by atoms with Gasteiger partial charge in [-0.15, -0.1) is 0 Å². The molecule has 2 fully saturated rings. The van der Waals surface area contributed by atoms with E-state index < -0.39 is 20.4 Å². The third-order valence-electron chi connectivity index (χ3n) is 7.56. The summed E-state index contributed by atoms with van der Waals surface area (Å²) >= 11 is 0. The van der Waals surface area contributed by atoms with Gasteiger partial charge in [0, 0.05) is 8.80 Å². The van der Waals surface area contributed by atoms with Gasteiger partial charge in [-0.05, 0) is 48.3 Å². The zero-order chi connectivity index (χ0) is 19.1. The molecule has 0 spiro atoms. The first-order chi connectivity index (χ1) is 13.1. The molecule has 27 heavy (non-hydrogen) atoms. The van der Waals surface area contributed by atoms with Gasteiger partial charge in [0.05, 0.1) is 0 Å². The Labute approximate surface area is 166 Å². The van der Waals surface area contributed by atoms with Gasteiger partial charge in [0.25, 0.3) is 0 Å². The summed E-state index contributed by atoms with van der Waals surface area (Å²) in [5.74, 6) is -0.377. The monoisotopic (exact) mass is 392 g/mol. The Bertz CT molecular complexity index is 572. The molecule has 0 nitrogen and oxygen atoms in total. The summed E-state index contributed by atoms with van der Waals surface area (Å²) < 4.78 is 27.4. The predicted octanol–water partition coefficient (Wildman–Crippen LogP) is 7.77. The highest BCUT2D eigenvalue weighted by Gasteiger charge is 2.35. The van der Waals surface area contributed by atoms with Gasteiger partial charge in [0.2, 0.25) is 0 Å². The van der Waals surface area contributed by atoms with Crippen molar-refractivity contribution in [1.82, 2.24) is 0 Å². The second-order valence-electron chi connectivity index (χ2n) is 9.39. The fourth-order valence-electron chi connectivity index (χ4n) is 5.71. The van der Waals surface area contributed by atoms with Crippen LogP contribution in [0.4, 0.5) is 8.78 Å². The van der Waals surface area contributed by atoms with Crippen LogP contribution in [-0.4, -0.2) is 8.80 Å². The van der Waals surface area contributed by atoms with Crippen LogP contribution in [0.15, 0.2) is 18.2 Å². The summed E-state index contributed by atoms with van der Waals surface area (Å²) in [7, 11) is -0.634. The summed E-state index contributed by atoms with van der Waals surface area (Å²) in [5.41, 5.74) is 1.20. The summed E-state index contributed by atoms with van der Waals surface area (Å²) in [6.45, 7) is 2.29. The average Bonchev–Trinajstić information content (AvgIpc) is 2.70. The van der Waals surface area contributed by atoms with Gasteiger partial charge in [-0.25, -0.2) is 8.78 Å².